The third-order valence-electron chi connectivity index (χ3n) is 5.08. The molecule has 0 saturated heterocycles. The molecule has 0 fully saturated rings. The van der Waals surface area contributed by atoms with E-state index in [-0.39, 0.29) is 18.7 Å². The Morgan fingerprint density at radius 3 is 2.62 bits per heavy atom. The van der Waals surface area contributed by atoms with Crippen LogP contribution in [0.4, 0.5) is 0 Å². The lowest BCUT2D eigenvalue weighted by Crippen LogP contribution is -2.39. The van der Waals surface area contributed by atoms with E-state index in [4.69, 9.17) is 5.11 Å². The van der Waals surface area contributed by atoms with E-state index in [9.17, 15) is 9.59 Å². The smallest absolute Gasteiger partial charge is 0.332 e. The molecule has 3 aromatic heterocycles. The van der Waals surface area contributed by atoms with Crippen molar-refractivity contribution in [3.8, 4) is 0 Å². The van der Waals surface area contributed by atoms with Crippen molar-refractivity contribution in [1.82, 2.24) is 23.1 Å². The summed E-state index contributed by atoms with van der Waals surface area (Å²) >= 11 is 0. The van der Waals surface area contributed by atoms with Gasteiger partial charge in [-0.15, -0.1) is 0 Å². The summed E-state index contributed by atoms with van der Waals surface area (Å²) in [6.07, 6.45) is 6.12. The molecule has 8 nitrogen and oxygen atoms in total. The lowest BCUT2D eigenvalue weighted by molar-refractivity contribution is 0.280. The number of rotatable bonds is 6. The molecule has 0 amide bonds. The average molecular weight is 393 g/mol. The number of benzene rings is 1. The molecule has 0 radical (unpaired) electrons. The van der Waals surface area contributed by atoms with Crippen molar-refractivity contribution in [1.29, 1.82) is 0 Å². The van der Waals surface area contributed by atoms with Gasteiger partial charge in [0, 0.05) is 38.6 Å². The van der Waals surface area contributed by atoms with Gasteiger partial charge in [-0.25, -0.2) is 4.79 Å². The van der Waals surface area contributed by atoms with Gasteiger partial charge in [0.2, 0.25) is 5.78 Å². The van der Waals surface area contributed by atoms with Gasteiger partial charge >= 0.3 is 5.69 Å². The largest absolute Gasteiger partial charge is 0.396 e. The number of nitrogens with zero attached hydrogens (tertiary/aromatic N) is 5. The van der Waals surface area contributed by atoms with Crippen LogP contribution in [-0.4, -0.2) is 34.8 Å². The number of fused-ring (bicyclic) bond motifs is 3. The number of aromatic nitrogens is 5. The fourth-order valence-corrected chi connectivity index (χ4v) is 3.58. The minimum absolute atomic E-state index is 0.0725. The maximum Gasteiger partial charge on any atom is 0.332 e. The van der Waals surface area contributed by atoms with Crippen LogP contribution in [0.5, 0.6) is 0 Å². The first-order chi connectivity index (χ1) is 14.0. The second kappa shape index (κ2) is 7.56. The molecular weight excluding hydrogens is 370 g/mol. The zero-order valence-electron chi connectivity index (χ0n) is 16.4. The number of allylic oxidation sites excluding steroid dienone is 1. The predicted octanol–water partition coefficient (Wildman–Crippen LogP) is 1.55. The Hall–Kier alpha value is -3.39. The minimum Gasteiger partial charge on any atom is -0.396 e. The average Bonchev–Trinajstić information content (AvgIpc) is 3.23. The van der Waals surface area contributed by atoms with E-state index in [2.05, 4.69) is 4.98 Å². The summed E-state index contributed by atoms with van der Waals surface area (Å²) in [6.45, 7) is 2.77. The molecule has 3 heterocycles. The molecule has 0 aliphatic rings. The van der Waals surface area contributed by atoms with E-state index < -0.39 is 5.69 Å². The highest BCUT2D eigenvalue weighted by atomic mass is 16.3. The van der Waals surface area contributed by atoms with Gasteiger partial charge in [0.25, 0.3) is 5.56 Å². The van der Waals surface area contributed by atoms with E-state index >= 15 is 0 Å². The van der Waals surface area contributed by atoms with Crippen LogP contribution in [-0.2, 0) is 20.1 Å². The quantitative estimate of drug-likeness (QED) is 0.539. The first-order valence-corrected chi connectivity index (χ1v) is 9.53. The first kappa shape index (κ1) is 18.9. The molecular formula is C21H23N5O3. The maximum atomic E-state index is 13.2. The maximum absolute atomic E-state index is 13.2. The number of imidazole rings is 2. The Morgan fingerprint density at radius 1 is 1.14 bits per heavy atom. The van der Waals surface area contributed by atoms with Gasteiger partial charge in [0.15, 0.2) is 11.2 Å². The monoisotopic (exact) mass is 393 g/mol. The first-order valence-electron chi connectivity index (χ1n) is 9.53. The number of aliphatic hydroxyl groups excluding tert-OH is 1. The molecule has 0 bridgehead atoms. The summed E-state index contributed by atoms with van der Waals surface area (Å²) in [4.78, 5) is 30.5. The lowest BCUT2D eigenvalue weighted by atomic mass is 10.2. The van der Waals surface area contributed by atoms with E-state index in [1.54, 1.807) is 17.5 Å². The molecule has 1 aromatic carbocycles. The van der Waals surface area contributed by atoms with E-state index in [1.165, 1.54) is 9.13 Å². The molecule has 29 heavy (non-hydrogen) atoms. The van der Waals surface area contributed by atoms with Gasteiger partial charge in [0.05, 0.1) is 0 Å². The second-order valence-electron chi connectivity index (χ2n) is 7.02. The molecule has 0 spiro atoms. The Bertz CT molecular complexity index is 1320. The van der Waals surface area contributed by atoms with E-state index in [0.717, 1.165) is 11.3 Å². The Balaban J connectivity index is 1.84. The number of aryl methyl sites for hydroxylation is 3. The molecule has 0 saturated carbocycles. The van der Waals surface area contributed by atoms with Crippen molar-refractivity contribution >= 4 is 23.0 Å². The summed E-state index contributed by atoms with van der Waals surface area (Å²) in [5, 5.41) is 9.15. The summed E-state index contributed by atoms with van der Waals surface area (Å²) < 4.78 is 6.31. The molecule has 8 heteroatoms. The fraction of sp³-hybridized carbons (Fsp3) is 0.286. The minimum atomic E-state index is -0.403. The van der Waals surface area contributed by atoms with Gasteiger partial charge in [-0.2, -0.15) is 4.98 Å². The SMILES string of the molecule is Cc1cn2c3c(=O)n(C/C=C/c4ccccc4)c(=O)n(C)c3nc2n1CCCO. The van der Waals surface area contributed by atoms with Crippen molar-refractivity contribution in [2.45, 2.75) is 26.4 Å². The number of hydrogen-bond acceptors (Lipinski definition) is 4. The van der Waals surface area contributed by atoms with Gasteiger partial charge in [-0.3, -0.25) is 18.3 Å². The van der Waals surface area contributed by atoms with Crippen molar-refractivity contribution in [3.05, 3.63) is 74.7 Å². The molecule has 4 rings (SSSR count). The zero-order valence-corrected chi connectivity index (χ0v) is 16.4. The second-order valence-corrected chi connectivity index (χ2v) is 7.02. The van der Waals surface area contributed by atoms with E-state index in [0.29, 0.717) is 29.9 Å². The highest BCUT2D eigenvalue weighted by Crippen LogP contribution is 2.16. The van der Waals surface area contributed by atoms with Crippen LogP contribution in [0.1, 0.15) is 17.7 Å². The Labute approximate surface area is 166 Å². The highest BCUT2D eigenvalue weighted by Gasteiger charge is 2.19. The molecule has 0 unspecified atom stereocenters. The van der Waals surface area contributed by atoms with Crippen molar-refractivity contribution in [2.75, 3.05) is 6.61 Å². The number of hydrogen-bond donors (Lipinski definition) is 1. The van der Waals surface area contributed by atoms with Crippen LogP contribution in [0.25, 0.3) is 23.0 Å². The van der Waals surface area contributed by atoms with Crippen LogP contribution in [0, 0.1) is 6.92 Å². The summed E-state index contributed by atoms with van der Waals surface area (Å²) in [7, 11) is 1.62. The van der Waals surface area contributed by atoms with Crippen LogP contribution in [0.3, 0.4) is 0 Å². The highest BCUT2D eigenvalue weighted by molar-refractivity contribution is 5.75. The molecule has 0 aliphatic heterocycles. The summed E-state index contributed by atoms with van der Waals surface area (Å²) in [5.74, 6) is 0.593. The zero-order chi connectivity index (χ0) is 20.5. The van der Waals surface area contributed by atoms with Crippen molar-refractivity contribution in [3.63, 3.8) is 0 Å². The normalized spacial score (nSPS) is 12.0. The van der Waals surface area contributed by atoms with Gasteiger partial charge in [-0.1, -0.05) is 42.5 Å². The van der Waals surface area contributed by atoms with Crippen LogP contribution in [0.2, 0.25) is 0 Å². The standard InChI is InChI=1S/C21H23N5O3/c1-15-14-26-17-18(22-20(26)24(15)12-7-13-27)23(2)21(29)25(19(17)28)11-6-10-16-8-4-3-5-9-16/h3-6,8-10,14,27H,7,11-13H2,1-2H3/b10-6+. The molecule has 150 valence electrons. The van der Waals surface area contributed by atoms with Crippen molar-refractivity contribution in [2.24, 2.45) is 7.05 Å². The summed E-state index contributed by atoms with van der Waals surface area (Å²) in [5.41, 5.74) is 1.90. The van der Waals surface area contributed by atoms with Gasteiger partial charge < -0.3 is 9.67 Å². The van der Waals surface area contributed by atoms with Crippen LogP contribution < -0.4 is 11.2 Å². The van der Waals surface area contributed by atoms with Gasteiger partial charge in [-0.05, 0) is 18.9 Å². The summed E-state index contributed by atoms with van der Waals surface area (Å²) in [6, 6.07) is 9.72. The topological polar surface area (TPSA) is 86.5 Å². The molecule has 4 aromatic rings. The third-order valence-corrected chi connectivity index (χ3v) is 5.08. The molecule has 0 atom stereocenters. The molecule has 1 N–H and O–H groups in total. The van der Waals surface area contributed by atoms with E-state index in [1.807, 2.05) is 54.1 Å². The predicted molar refractivity (Wildman–Crippen MR) is 112 cm³/mol. The lowest BCUT2D eigenvalue weighted by Gasteiger charge is -2.06. The van der Waals surface area contributed by atoms with Crippen molar-refractivity contribution < 1.29 is 5.11 Å². The third kappa shape index (κ3) is 3.21. The Morgan fingerprint density at radius 2 is 1.90 bits per heavy atom. The number of aliphatic hydroxyl groups is 1. The van der Waals surface area contributed by atoms with Crippen LogP contribution in [0.15, 0.2) is 52.2 Å². The van der Waals surface area contributed by atoms with Gasteiger partial charge in [0.1, 0.15) is 0 Å². The fourth-order valence-electron chi connectivity index (χ4n) is 3.58. The van der Waals surface area contributed by atoms with Crippen LogP contribution >= 0.6 is 0 Å². The Kier molecular flexibility index (Phi) is 4.94. The molecule has 0 aliphatic carbocycles.